The number of rotatable bonds is 4. The monoisotopic (exact) mass is 240 g/mol. The fourth-order valence-electron chi connectivity index (χ4n) is 0.226. The number of alkyl halides is 3. The first kappa shape index (κ1) is 13.4. The highest BCUT2D eigenvalue weighted by atomic mass is 31.2. The van der Waals surface area contributed by atoms with Gasteiger partial charge in [-0.1, -0.05) is 9.40 Å². The summed E-state index contributed by atoms with van der Waals surface area (Å²) in [4.78, 5) is 11.7. The van der Waals surface area contributed by atoms with Crippen LogP contribution in [0.3, 0.4) is 0 Å². The van der Waals surface area contributed by atoms with Crippen molar-refractivity contribution in [1.82, 2.24) is 0 Å². The second-order valence-corrected chi connectivity index (χ2v) is 3.23. The summed E-state index contributed by atoms with van der Waals surface area (Å²) < 4.78 is 62.0. The molecule has 0 aromatic heterocycles. The zero-order chi connectivity index (χ0) is 11.4. The maximum absolute atomic E-state index is 11.7. The molecule has 0 radical (unpaired) electrons. The maximum Gasteiger partial charge on any atom is 0.539 e. The lowest BCUT2D eigenvalue weighted by Crippen LogP contribution is -2.09. The van der Waals surface area contributed by atoms with Crippen molar-refractivity contribution < 1.29 is 41.4 Å². The summed E-state index contributed by atoms with van der Waals surface area (Å²) in [5.41, 5.74) is -1.24. The fourth-order valence-corrected chi connectivity index (χ4v) is 0.401. The van der Waals surface area contributed by atoms with Crippen LogP contribution >= 0.6 is 7.82 Å². The van der Waals surface area contributed by atoms with E-state index in [0.29, 0.717) is 6.92 Å². The molecule has 0 amide bonds. The van der Waals surface area contributed by atoms with Crippen molar-refractivity contribution in [2.45, 2.75) is 13.1 Å². The van der Waals surface area contributed by atoms with Gasteiger partial charge in [0.05, 0.1) is 5.57 Å². The molecule has 0 rings (SSSR count). The summed E-state index contributed by atoms with van der Waals surface area (Å²) in [5, 5.41) is 0. The van der Waals surface area contributed by atoms with Gasteiger partial charge in [-0.15, -0.1) is 0 Å². The summed E-state index contributed by atoms with van der Waals surface area (Å²) in [6.45, 7) is 0.613. The molecule has 84 valence electrons. The third-order valence-corrected chi connectivity index (χ3v) is 1.35. The maximum atomic E-state index is 11.7. The van der Waals surface area contributed by atoms with Crippen LogP contribution in [0.5, 0.6) is 0 Å². The van der Waals surface area contributed by atoms with Crippen LogP contribution in [0.4, 0.5) is 17.7 Å². The lowest BCUT2D eigenvalue weighted by molar-refractivity contribution is -0.198. The van der Waals surface area contributed by atoms with Gasteiger partial charge in [0.1, 0.15) is 6.26 Å². The minimum Gasteiger partial charge on any atom is -0.335 e. The second-order valence-electron chi connectivity index (χ2n) is 2.01. The van der Waals surface area contributed by atoms with E-state index < -0.39 is 19.6 Å². The van der Waals surface area contributed by atoms with Crippen LogP contribution in [-0.2, 0) is 18.9 Å². The summed E-state index contributed by atoms with van der Waals surface area (Å²) in [5.74, 6) is 0. The Kier molecular flexibility index (Phi) is 4.53. The van der Waals surface area contributed by atoms with E-state index in [1.807, 2.05) is 0 Å². The Labute approximate surface area is 75.3 Å². The van der Waals surface area contributed by atoms with Gasteiger partial charge in [0.15, 0.2) is 0 Å². The molecule has 1 unspecified atom stereocenters. The Morgan fingerprint density at radius 2 is 2.00 bits per heavy atom. The van der Waals surface area contributed by atoms with Gasteiger partial charge in [-0.05, 0) is 11.4 Å². The molecule has 0 spiro atoms. The molecular weight excluding hydrogens is 235 g/mol. The smallest absolute Gasteiger partial charge is 0.335 e. The molecule has 0 saturated heterocycles. The molecule has 0 saturated carbocycles. The number of halogens is 4. The van der Waals surface area contributed by atoms with Gasteiger partial charge in [-0.25, -0.2) is 4.57 Å². The molecule has 0 bridgehead atoms. The van der Waals surface area contributed by atoms with E-state index in [-0.39, 0.29) is 6.26 Å². The molecule has 14 heavy (non-hydrogen) atoms. The van der Waals surface area contributed by atoms with Gasteiger partial charge >= 0.3 is 14.0 Å². The van der Waals surface area contributed by atoms with E-state index in [9.17, 15) is 22.3 Å². The van der Waals surface area contributed by atoms with E-state index >= 15 is 0 Å². The first-order chi connectivity index (χ1) is 6.19. The Balaban J connectivity index is 4.14. The largest absolute Gasteiger partial charge is 0.539 e. The van der Waals surface area contributed by atoms with Crippen molar-refractivity contribution >= 4 is 7.82 Å². The Morgan fingerprint density at radius 1 is 1.50 bits per heavy atom. The molecule has 1 N–H and O–H groups in total. The van der Waals surface area contributed by atoms with Gasteiger partial charge in [0, 0.05) is 0 Å². The van der Waals surface area contributed by atoms with Crippen molar-refractivity contribution in [2.24, 2.45) is 0 Å². The minimum absolute atomic E-state index is 0.0120. The highest BCUT2D eigenvalue weighted by Crippen LogP contribution is 2.43. The second kappa shape index (κ2) is 4.74. The molecular formula is C4H5F4O5P. The molecule has 0 aromatic rings. The summed E-state index contributed by atoms with van der Waals surface area (Å²) in [6.07, 6.45) is -4.68. The van der Waals surface area contributed by atoms with Gasteiger partial charge in [0.25, 0.3) is 0 Å². The highest BCUT2D eigenvalue weighted by Gasteiger charge is 2.31. The van der Waals surface area contributed by atoms with Gasteiger partial charge in [-0.3, -0.25) is 4.89 Å². The fraction of sp³-hybridized carbons (Fsp3) is 0.500. The Bertz CT molecular complexity index is 261. The van der Waals surface area contributed by atoms with Crippen molar-refractivity contribution in [2.75, 3.05) is 0 Å². The Morgan fingerprint density at radius 3 is 2.36 bits per heavy atom. The summed E-state index contributed by atoms with van der Waals surface area (Å²) in [7, 11) is -5.08. The number of hydrogen-bond donors (Lipinski definition) is 1. The van der Waals surface area contributed by atoms with E-state index in [1.165, 1.54) is 0 Å². The van der Waals surface area contributed by atoms with E-state index in [4.69, 9.17) is 4.89 Å². The number of phosphoric acid groups is 1. The topological polar surface area (TPSA) is 65.0 Å². The average molecular weight is 240 g/mol. The number of hydrogen-bond acceptors (Lipinski definition) is 4. The minimum atomic E-state index is -5.08. The van der Waals surface area contributed by atoms with E-state index in [1.54, 1.807) is 0 Å². The first-order valence-corrected chi connectivity index (χ1v) is 4.41. The molecule has 0 fully saturated rings. The van der Waals surface area contributed by atoms with Crippen LogP contribution < -0.4 is 0 Å². The summed E-state index contributed by atoms with van der Waals surface area (Å²) >= 11 is 0. The number of allylic oxidation sites excluding steroid dienone is 1. The van der Waals surface area contributed by atoms with Crippen molar-refractivity contribution in [3.63, 3.8) is 0 Å². The lowest BCUT2D eigenvalue weighted by atomic mass is 10.3. The predicted octanol–water partition coefficient (Wildman–Crippen LogP) is 2.40. The van der Waals surface area contributed by atoms with E-state index in [2.05, 4.69) is 14.3 Å². The van der Waals surface area contributed by atoms with Crippen LogP contribution in [0.25, 0.3) is 0 Å². The van der Waals surface area contributed by atoms with Crippen molar-refractivity contribution in [1.29, 1.82) is 0 Å². The molecule has 0 aliphatic rings. The predicted molar refractivity (Wildman–Crippen MR) is 34.0 cm³/mol. The lowest BCUT2D eigenvalue weighted by Gasteiger charge is -2.06. The third-order valence-electron chi connectivity index (χ3n) is 0.896. The zero-order valence-corrected chi connectivity index (χ0v) is 7.51. The van der Waals surface area contributed by atoms with Crippen LogP contribution in [0.15, 0.2) is 11.8 Å². The first-order valence-electron chi connectivity index (χ1n) is 2.91. The Hall–Kier alpha value is -0.630. The highest BCUT2D eigenvalue weighted by molar-refractivity contribution is 7.47. The SMILES string of the molecule is CC(=COOP(=O)(O)OF)C(F)(F)F. The van der Waals surface area contributed by atoms with Crippen molar-refractivity contribution in [3.8, 4) is 0 Å². The van der Waals surface area contributed by atoms with Crippen LogP contribution in [0, 0.1) is 0 Å². The molecule has 5 nitrogen and oxygen atoms in total. The van der Waals surface area contributed by atoms with Crippen molar-refractivity contribution in [3.05, 3.63) is 11.8 Å². The molecule has 10 heteroatoms. The third kappa shape index (κ3) is 5.18. The quantitative estimate of drug-likeness (QED) is 0.268. The van der Waals surface area contributed by atoms with E-state index in [0.717, 1.165) is 0 Å². The van der Waals surface area contributed by atoms with Gasteiger partial charge in [-0.2, -0.15) is 13.2 Å². The van der Waals surface area contributed by atoms with Crippen LogP contribution in [0.2, 0.25) is 0 Å². The molecule has 0 aliphatic heterocycles. The zero-order valence-electron chi connectivity index (χ0n) is 6.62. The molecule has 0 heterocycles. The standard InChI is InChI=1S/C4H5F4O5P/c1-3(4(5,6)7)2-11-13-14(9,10)12-8/h2H,1H3,(H,9,10). The van der Waals surface area contributed by atoms with Crippen LogP contribution in [0.1, 0.15) is 6.92 Å². The summed E-state index contributed by atoms with van der Waals surface area (Å²) in [6, 6.07) is 0. The van der Waals surface area contributed by atoms with Crippen LogP contribution in [-0.4, -0.2) is 11.1 Å². The molecule has 0 aliphatic carbocycles. The molecule has 1 atom stereocenters. The average Bonchev–Trinajstić information content (AvgIpc) is 2.02. The van der Waals surface area contributed by atoms with Gasteiger partial charge in [0.2, 0.25) is 0 Å². The molecule has 0 aromatic carbocycles. The van der Waals surface area contributed by atoms with Gasteiger partial charge < -0.3 is 4.89 Å². The normalized spacial score (nSPS) is 17.7.